The zero-order chi connectivity index (χ0) is 21.6. The normalized spacial score (nSPS) is 20.1. The first-order chi connectivity index (χ1) is 15.2. The number of para-hydroxylation sites is 1. The van der Waals surface area contributed by atoms with E-state index in [1.807, 2.05) is 48.5 Å². The second kappa shape index (κ2) is 9.96. The summed E-state index contributed by atoms with van der Waals surface area (Å²) in [7, 11) is 1.68. The van der Waals surface area contributed by atoms with Crippen molar-refractivity contribution in [3.8, 4) is 5.75 Å². The maximum absolute atomic E-state index is 13.0. The highest BCUT2D eigenvalue weighted by Gasteiger charge is 2.35. The summed E-state index contributed by atoms with van der Waals surface area (Å²) in [5.41, 5.74) is 2.18. The lowest BCUT2D eigenvalue weighted by molar-refractivity contribution is -0.129. The molecule has 2 aromatic carbocycles. The van der Waals surface area contributed by atoms with E-state index in [-0.39, 0.29) is 30.2 Å². The van der Waals surface area contributed by atoms with E-state index in [2.05, 4.69) is 16.3 Å². The summed E-state index contributed by atoms with van der Waals surface area (Å²) in [6.45, 7) is 3.59. The summed E-state index contributed by atoms with van der Waals surface area (Å²) in [5.74, 6) is 0.555. The lowest BCUT2D eigenvalue weighted by atomic mass is 10.0. The highest BCUT2D eigenvalue weighted by Crippen LogP contribution is 2.31. The topological polar surface area (TPSA) is 61.9 Å². The molecule has 0 aliphatic carbocycles. The van der Waals surface area contributed by atoms with Gasteiger partial charge < -0.3 is 15.0 Å². The van der Waals surface area contributed by atoms with Crippen LogP contribution >= 0.6 is 0 Å². The van der Waals surface area contributed by atoms with Gasteiger partial charge in [-0.05, 0) is 37.6 Å². The largest absolute Gasteiger partial charge is 0.496 e. The Hall–Kier alpha value is -2.86. The van der Waals surface area contributed by atoms with Crippen LogP contribution in [0.25, 0.3) is 0 Å². The van der Waals surface area contributed by atoms with Gasteiger partial charge >= 0.3 is 0 Å². The molecule has 31 heavy (non-hydrogen) atoms. The number of carbonyl (C=O) groups is 2. The third kappa shape index (κ3) is 5.07. The molecule has 164 valence electrons. The Labute approximate surface area is 184 Å². The molecule has 2 aliphatic heterocycles. The number of benzene rings is 2. The lowest BCUT2D eigenvalue weighted by Crippen LogP contribution is -2.40. The third-order valence-electron chi connectivity index (χ3n) is 6.35. The summed E-state index contributed by atoms with van der Waals surface area (Å²) in [5, 5.41) is 3.14. The van der Waals surface area contributed by atoms with Gasteiger partial charge in [0.25, 0.3) is 0 Å². The van der Waals surface area contributed by atoms with E-state index in [9.17, 15) is 9.59 Å². The first kappa shape index (κ1) is 21.4. The van der Waals surface area contributed by atoms with Gasteiger partial charge in [-0.1, -0.05) is 48.5 Å². The van der Waals surface area contributed by atoms with Crippen LogP contribution in [0.15, 0.2) is 54.6 Å². The predicted molar refractivity (Wildman–Crippen MR) is 120 cm³/mol. The monoisotopic (exact) mass is 421 g/mol. The van der Waals surface area contributed by atoms with Gasteiger partial charge in [0, 0.05) is 31.6 Å². The summed E-state index contributed by atoms with van der Waals surface area (Å²) in [6.07, 6.45) is 2.62. The van der Waals surface area contributed by atoms with Gasteiger partial charge in [0.05, 0.1) is 19.1 Å². The maximum atomic E-state index is 13.0. The molecule has 2 atom stereocenters. The lowest BCUT2D eigenvalue weighted by Gasteiger charge is -2.29. The van der Waals surface area contributed by atoms with E-state index in [0.29, 0.717) is 19.6 Å². The molecule has 0 bridgehead atoms. The first-order valence-electron chi connectivity index (χ1n) is 11.1. The van der Waals surface area contributed by atoms with Crippen molar-refractivity contribution in [2.24, 2.45) is 5.92 Å². The van der Waals surface area contributed by atoms with Crippen molar-refractivity contribution in [1.82, 2.24) is 15.1 Å². The number of nitrogens with zero attached hydrogens (tertiary/aromatic N) is 2. The molecule has 2 amide bonds. The van der Waals surface area contributed by atoms with Crippen molar-refractivity contribution < 1.29 is 14.3 Å². The minimum atomic E-state index is -0.298. The van der Waals surface area contributed by atoms with Crippen molar-refractivity contribution >= 4 is 11.8 Å². The first-order valence-corrected chi connectivity index (χ1v) is 11.1. The zero-order valence-corrected chi connectivity index (χ0v) is 18.1. The van der Waals surface area contributed by atoms with Gasteiger partial charge in [-0.3, -0.25) is 14.5 Å². The van der Waals surface area contributed by atoms with E-state index < -0.39 is 0 Å². The molecular weight excluding hydrogens is 390 g/mol. The number of likely N-dealkylation sites (tertiary alicyclic amines) is 2. The predicted octanol–water partition coefficient (Wildman–Crippen LogP) is 3.00. The fourth-order valence-electron chi connectivity index (χ4n) is 4.68. The maximum Gasteiger partial charge on any atom is 0.225 e. The fourth-order valence-corrected chi connectivity index (χ4v) is 4.68. The molecular formula is C25H31N3O3. The van der Waals surface area contributed by atoms with Gasteiger partial charge in [0.15, 0.2) is 0 Å². The Bertz CT molecular complexity index is 896. The van der Waals surface area contributed by atoms with Gasteiger partial charge in [0.1, 0.15) is 5.75 Å². The van der Waals surface area contributed by atoms with Crippen LogP contribution in [0, 0.1) is 5.92 Å². The second-order valence-electron chi connectivity index (χ2n) is 8.41. The molecule has 0 radical (unpaired) electrons. The Morgan fingerprint density at radius 2 is 1.81 bits per heavy atom. The number of hydrogen-bond donors (Lipinski definition) is 1. The van der Waals surface area contributed by atoms with Gasteiger partial charge in [0.2, 0.25) is 11.8 Å². The highest BCUT2D eigenvalue weighted by molar-refractivity contribution is 5.89. The molecule has 2 aromatic rings. The van der Waals surface area contributed by atoms with Gasteiger partial charge in [-0.25, -0.2) is 0 Å². The smallest absolute Gasteiger partial charge is 0.225 e. The quantitative estimate of drug-likeness (QED) is 0.712. The number of hydrogen-bond acceptors (Lipinski definition) is 4. The molecule has 2 heterocycles. The standard InChI is InChI=1S/C25H31N3O3/c1-31-23-12-6-5-11-21(23)22(27-13-7-8-14-27)16-26-25(30)20-15-24(29)28(18-20)17-19-9-3-2-4-10-19/h2-6,9-12,20,22H,7-8,13-18H2,1H3,(H,26,30)/t20-,22-/m1/s1. The van der Waals surface area contributed by atoms with Crippen molar-refractivity contribution in [3.05, 3.63) is 65.7 Å². The van der Waals surface area contributed by atoms with Crippen LogP contribution in [0.4, 0.5) is 0 Å². The zero-order valence-electron chi connectivity index (χ0n) is 18.1. The summed E-state index contributed by atoms with van der Waals surface area (Å²) in [4.78, 5) is 29.6. The van der Waals surface area contributed by atoms with Crippen LogP contribution in [0.1, 0.15) is 36.4 Å². The number of amides is 2. The minimum absolute atomic E-state index is 0.0389. The number of nitrogens with one attached hydrogen (secondary N) is 1. The molecule has 1 N–H and O–H groups in total. The molecule has 0 spiro atoms. The number of carbonyl (C=O) groups excluding carboxylic acids is 2. The van der Waals surface area contributed by atoms with Crippen LogP contribution in [-0.4, -0.2) is 54.9 Å². The third-order valence-corrected chi connectivity index (χ3v) is 6.35. The number of ether oxygens (including phenoxy) is 1. The molecule has 0 unspecified atom stereocenters. The van der Waals surface area contributed by atoms with Crippen LogP contribution in [0.5, 0.6) is 5.75 Å². The molecule has 0 saturated carbocycles. The van der Waals surface area contributed by atoms with Crippen LogP contribution in [0.3, 0.4) is 0 Å². The van der Waals surface area contributed by atoms with E-state index in [0.717, 1.165) is 30.0 Å². The molecule has 2 saturated heterocycles. The molecule has 0 aromatic heterocycles. The summed E-state index contributed by atoms with van der Waals surface area (Å²) >= 11 is 0. The average Bonchev–Trinajstić information content (AvgIpc) is 3.45. The highest BCUT2D eigenvalue weighted by atomic mass is 16.5. The summed E-state index contributed by atoms with van der Waals surface area (Å²) in [6, 6.07) is 18.0. The Balaban J connectivity index is 1.39. The SMILES string of the molecule is COc1ccccc1[C@@H](CNC(=O)[C@@H]1CC(=O)N(Cc2ccccc2)C1)N1CCCC1. The van der Waals surface area contributed by atoms with E-state index in [4.69, 9.17) is 4.74 Å². The van der Waals surface area contributed by atoms with Crippen molar-refractivity contribution in [2.45, 2.75) is 31.8 Å². The van der Waals surface area contributed by atoms with Gasteiger partial charge in [-0.2, -0.15) is 0 Å². The fraction of sp³-hybridized carbons (Fsp3) is 0.440. The van der Waals surface area contributed by atoms with Crippen LogP contribution in [0.2, 0.25) is 0 Å². The van der Waals surface area contributed by atoms with Gasteiger partial charge in [-0.15, -0.1) is 0 Å². The Morgan fingerprint density at radius 1 is 1.10 bits per heavy atom. The second-order valence-corrected chi connectivity index (χ2v) is 8.41. The van der Waals surface area contributed by atoms with Crippen molar-refractivity contribution in [2.75, 3.05) is 33.3 Å². The van der Waals surface area contributed by atoms with Crippen LogP contribution in [-0.2, 0) is 16.1 Å². The molecule has 2 aliphatic rings. The van der Waals surface area contributed by atoms with Crippen LogP contribution < -0.4 is 10.1 Å². The number of rotatable bonds is 8. The van der Waals surface area contributed by atoms with Crippen molar-refractivity contribution in [3.63, 3.8) is 0 Å². The van der Waals surface area contributed by atoms with Crippen molar-refractivity contribution in [1.29, 1.82) is 0 Å². The molecule has 2 fully saturated rings. The Kier molecular flexibility index (Phi) is 6.87. The minimum Gasteiger partial charge on any atom is -0.496 e. The molecule has 6 nitrogen and oxygen atoms in total. The average molecular weight is 422 g/mol. The van der Waals surface area contributed by atoms with E-state index in [1.54, 1.807) is 12.0 Å². The molecule has 6 heteroatoms. The molecule has 4 rings (SSSR count). The van der Waals surface area contributed by atoms with E-state index in [1.165, 1.54) is 12.8 Å². The van der Waals surface area contributed by atoms with E-state index >= 15 is 0 Å². The summed E-state index contributed by atoms with van der Waals surface area (Å²) < 4.78 is 5.59. The number of methoxy groups -OCH3 is 1. The Morgan fingerprint density at radius 3 is 2.55 bits per heavy atom.